The van der Waals surface area contributed by atoms with Crippen molar-refractivity contribution in [3.05, 3.63) is 64.7 Å². The Labute approximate surface area is 150 Å². The maximum absolute atomic E-state index is 12.5. The summed E-state index contributed by atoms with van der Waals surface area (Å²) in [6.07, 6.45) is 0.188. The van der Waals surface area contributed by atoms with E-state index >= 15 is 0 Å². The molecule has 1 amide bonds. The molecule has 0 saturated carbocycles. The maximum Gasteiger partial charge on any atom is 0.251 e. The zero-order chi connectivity index (χ0) is 18.4. The van der Waals surface area contributed by atoms with Gasteiger partial charge in [-0.2, -0.15) is 0 Å². The summed E-state index contributed by atoms with van der Waals surface area (Å²) in [4.78, 5) is 12.5. The van der Waals surface area contributed by atoms with Crippen LogP contribution in [0.1, 0.15) is 53.9 Å². The Bertz CT molecular complexity index is 708. The summed E-state index contributed by atoms with van der Waals surface area (Å²) in [6.45, 7) is 8.54. The lowest BCUT2D eigenvalue weighted by molar-refractivity contribution is 0.0656. The van der Waals surface area contributed by atoms with Crippen molar-refractivity contribution in [1.29, 1.82) is 0 Å². The van der Waals surface area contributed by atoms with Crippen LogP contribution >= 0.6 is 0 Å². The molecule has 2 aromatic rings. The third-order valence-electron chi connectivity index (χ3n) is 4.00. The van der Waals surface area contributed by atoms with Crippen molar-refractivity contribution in [1.82, 2.24) is 5.32 Å². The molecule has 0 aliphatic carbocycles. The van der Waals surface area contributed by atoms with E-state index < -0.39 is 0 Å². The van der Waals surface area contributed by atoms with Crippen LogP contribution in [0, 0.1) is 6.92 Å². The zero-order valence-electron chi connectivity index (χ0n) is 15.6. The Morgan fingerprint density at radius 2 is 1.76 bits per heavy atom. The predicted molar refractivity (Wildman–Crippen MR) is 100.0 cm³/mol. The second-order valence-electron chi connectivity index (χ2n) is 6.50. The highest BCUT2D eigenvalue weighted by atomic mass is 16.5. The molecule has 0 heterocycles. The molecule has 0 saturated heterocycles. The Kier molecular flexibility index (Phi) is 6.59. The lowest BCUT2D eigenvalue weighted by atomic mass is 10.0. The molecule has 1 atom stereocenters. The van der Waals surface area contributed by atoms with E-state index in [1.54, 1.807) is 7.11 Å². The van der Waals surface area contributed by atoms with Gasteiger partial charge in [0, 0.05) is 11.1 Å². The van der Waals surface area contributed by atoms with Gasteiger partial charge in [0.15, 0.2) is 0 Å². The summed E-state index contributed by atoms with van der Waals surface area (Å²) in [7, 11) is 1.64. The number of hydrogen-bond acceptors (Lipinski definition) is 3. The van der Waals surface area contributed by atoms with Crippen LogP contribution in [-0.2, 0) is 11.3 Å². The van der Waals surface area contributed by atoms with E-state index in [4.69, 9.17) is 9.47 Å². The number of aryl methyl sites for hydroxylation is 1. The van der Waals surface area contributed by atoms with E-state index in [2.05, 4.69) is 5.32 Å². The number of benzene rings is 2. The van der Waals surface area contributed by atoms with Crippen molar-refractivity contribution >= 4 is 5.91 Å². The third-order valence-corrected chi connectivity index (χ3v) is 4.00. The number of rotatable bonds is 7. The number of hydrogen-bond donors (Lipinski definition) is 1. The second-order valence-corrected chi connectivity index (χ2v) is 6.50. The van der Waals surface area contributed by atoms with Gasteiger partial charge in [-0.3, -0.25) is 4.79 Å². The van der Waals surface area contributed by atoms with E-state index in [-0.39, 0.29) is 18.1 Å². The molecule has 4 heteroatoms. The first kappa shape index (κ1) is 19.0. The Morgan fingerprint density at radius 1 is 1.08 bits per heavy atom. The molecular formula is C21H27NO3. The first-order valence-electron chi connectivity index (χ1n) is 8.56. The van der Waals surface area contributed by atoms with Crippen LogP contribution in [0.15, 0.2) is 42.5 Å². The van der Waals surface area contributed by atoms with Crippen LogP contribution in [0.4, 0.5) is 0 Å². The first-order chi connectivity index (χ1) is 11.9. The zero-order valence-corrected chi connectivity index (χ0v) is 15.6. The van der Waals surface area contributed by atoms with E-state index in [1.807, 2.05) is 70.2 Å². The van der Waals surface area contributed by atoms with Gasteiger partial charge in [0.25, 0.3) is 5.91 Å². The van der Waals surface area contributed by atoms with Crippen molar-refractivity contribution in [3.63, 3.8) is 0 Å². The van der Waals surface area contributed by atoms with Crippen molar-refractivity contribution in [2.75, 3.05) is 7.11 Å². The Hall–Kier alpha value is -2.33. The van der Waals surface area contributed by atoms with Crippen LogP contribution in [0.25, 0.3) is 0 Å². The first-order valence-corrected chi connectivity index (χ1v) is 8.56. The molecule has 2 rings (SSSR count). The topological polar surface area (TPSA) is 47.6 Å². The number of amides is 1. The highest BCUT2D eigenvalue weighted by Crippen LogP contribution is 2.26. The van der Waals surface area contributed by atoms with Gasteiger partial charge < -0.3 is 14.8 Å². The monoisotopic (exact) mass is 341 g/mol. The predicted octanol–water partition coefficient (Wildman–Crippen LogP) is 4.42. The van der Waals surface area contributed by atoms with Crippen molar-refractivity contribution in [3.8, 4) is 5.75 Å². The molecular weight excluding hydrogens is 314 g/mol. The van der Waals surface area contributed by atoms with Gasteiger partial charge in [-0.1, -0.05) is 29.8 Å². The van der Waals surface area contributed by atoms with E-state index in [1.165, 1.54) is 0 Å². The van der Waals surface area contributed by atoms with Crippen LogP contribution < -0.4 is 10.1 Å². The van der Waals surface area contributed by atoms with Crippen LogP contribution in [0.3, 0.4) is 0 Å². The molecule has 25 heavy (non-hydrogen) atoms. The molecule has 0 radical (unpaired) electrons. The van der Waals surface area contributed by atoms with Crippen LogP contribution in [0.2, 0.25) is 0 Å². The maximum atomic E-state index is 12.5. The highest BCUT2D eigenvalue weighted by molar-refractivity contribution is 5.94. The fourth-order valence-electron chi connectivity index (χ4n) is 2.57. The summed E-state index contributed by atoms with van der Waals surface area (Å²) in [6, 6.07) is 13.3. The minimum Gasteiger partial charge on any atom is -0.496 e. The molecule has 0 aliphatic rings. The van der Waals surface area contributed by atoms with Crippen molar-refractivity contribution in [2.45, 2.75) is 46.4 Å². The highest BCUT2D eigenvalue weighted by Gasteiger charge is 2.15. The smallest absolute Gasteiger partial charge is 0.251 e. The average Bonchev–Trinajstić information content (AvgIpc) is 2.60. The summed E-state index contributed by atoms with van der Waals surface area (Å²) in [5.41, 5.74) is 3.79. The molecule has 0 spiro atoms. The minimum atomic E-state index is -0.147. The van der Waals surface area contributed by atoms with E-state index in [9.17, 15) is 4.79 Å². The summed E-state index contributed by atoms with van der Waals surface area (Å²) in [5.74, 6) is 0.673. The largest absolute Gasteiger partial charge is 0.496 e. The molecule has 0 fully saturated rings. The third kappa shape index (κ3) is 5.33. The molecule has 0 aliphatic heterocycles. The fraction of sp³-hybridized carbons (Fsp3) is 0.381. The quantitative estimate of drug-likeness (QED) is 0.811. The van der Waals surface area contributed by atoms with Gasteiger partial charge in [-0.05, 0) is 51.5 Å². The summed E-state index contributed by atoms with van der Waals surface area (Å²) >= 11 is 0. The van der Waals surface area contributed by atoms with Gasteiger partial charge in [0.2, 0.25) is 0 Å². The number of carbonyl (C=O) groups is 1. The lowest BCUT2D eigenvalue weighted by Gasteiger charge is -2.18. The minimum absolute atomic E-state index is 0.104. The number of ether oxygens (including phenoxy) is 2. The van der Waals surface area contributed by atoms with E-state index in [0.717, 1.165) is 22.4 Å². The van der Waals surface area contributed by atoms with E-state index in [0.29, 0.717) is 12.2 Å². The number of methoxy groups -OCH3 is 1. The van der Waals surface area contributed by atoms with Gasteiger partial charge in [0.05, 0.1) is 25.9 Å². The van der Waals surface area contributed by atoms with Gasteiger partial charge in [-0.25, -0.2) is 0 Å². The fourth-order valence-corrected chi connectivity index (χ4v) is 2.57. The standard InChI is InChI=1S/C21H27NO3/c1-14(2)25-13-17-7-9-18(10-8-17)21(23)22-16(4)19-12-15(3)6-11-20(19)24-5/h6-12,14,16H,13H2,1-5H3,(H,22,23)/t16-/m1/s1. The van der Waals surface area contributed by atoms with Crippen LogP contribution in [0.5, 0.6) is 5.75 Å². The number of nitrogens with one attached hydrogen (secondary N) is 1. The van der Waals surface area contributed by atoms with Crippen molar-refractivity contribution < 1.29 is 14.3 Å². The molecule has 0 unspecified atom stereocenters. The van der Waals surface area contributed by atoms with Gasteiger partial charge in [-0.15, -0.1) is 0 Å². The summed E-state index contributed by atoms with van der Waals surface area (Å²) < 4.78 is 11.0. The summed E-state index contributed by atoms with van der Waals surface area (Å²) in [5, 5.41) is 3.03. The molecule has 4 nitrogen and oxygen atoms in total. The molecule has 0 aromatic heterocycles. The normalized spacial score (nSPS) is 12.1. The van der Waals surface area contributed by atoms with Gasteiger partial charge in [0.1, 0.15) is 5.75 Å². The lowest BCUT2D eigenvalue weighted by Crippen LogP contribution is -2.27. The van der Waals surface area contributed by atoms with Crippen molar-refractivity contribution in [2.24, 2.45) is 0 Å². The molecule has 1 N–H and O–H groups in total. The van der Waals surface area contributed by atoms with Gasteiger partial charge >= 0.3 is 0 Å². The molecule has 134 valence electrons. The Morgan fingerprint density at radius 3 is 2.36 bits per heavy atom. The SMILES string of the molecule is COc1ccc(C)cc1[C@@H](C)NC(=O)c1ccc(COC(C)C)cc1. The molecule has 0 bridgehead atoms. The average molecular weight is 341 g/mol. The number of carbonyl (C=O) groups excluding carboxylic acids is 1. The Balaban J connectivity index is 2.05. The molecule has 2 aromatic carbocycles. The second kappa shape index (κ2) is 8.67. The van der Waals surface area contributed by atoms with Crippen LogP contribution in [-0.4, -0.2) is 19.1 Å².